The summed E-state index contributed by atoms with van der Waals surface area (Å²) in [5, 5.41) is 3.04. The highest BCUT2D eigenvalue weighted by Crippen LogP contribution is 2.23. The van der Waals surface area contributed by atoms with E-state index >= 15 is 0 Å². The Morgan fingerprint density at radius 3 is 2.43 bits per heavy atom. The van der Waals surface area contributed by atoms with Crippen LogP contribution in [-0.4, -0.2) is 20.9 Å². The minimum absolute atomic E-state index is 0.150. The molecule has 0 heterocycles. The lowest BCUT2D eigenvalue weighted by Crippen LogP contribution is -2.25. The van der Waals surface area contributed by atoms with Gasteiger partial charge in [0.15, 0.2) is 0 Å². The summed E-state index contributed by atoms with van der Waals surface area (Å²) in [5.41, 5.74) is 3.04. The zero-order chi connectivity index (χ0) is 21.6. The zero-order valence-corrected chi connectivity index (χ0v) is 18.1. The molecular weight excluding hydrogens is 420 g/mol. The zero-order valence-electron chi connectivity index (χ0n) is 16.6. The molecule has 2 N–H and O–H groups in total. The fourth-order valence-electron chi connectivity index (χ4n) is 3.03. The average Bonchev–Trinajstić information content (AvgIpc) is 2.71. The molecule has 0 bridgehead atoms. The largest absolute Gasteiger partial charge is 0.352 e. The van der Waals surface area contributed by atoms with Crippen molar-refractivity contribution in [2.24, 2.45) is 0 Å². The summed E-state index contributed by atoms with van der Waals surface area (Å²) in [5.74, 6) is -0.290. The van der Waals surface area contributed by atoms with E-state index in [-0.39, 0.29) is 15.8 Å². The molecule has 0 aliphatic heterocycles. The highest BCUT2D eigenvalue weighted by Gasteiger charge is 2.16. The highest BCUT2D eigenvalue weighted by molar-refractivity contribution is 7.92. The molecule has 7 heteroatoms. The molecule has 1 amide bonds. The smallest absolute Gasteiger partial charge is 0.261 e. The van der Waals surface area contributed by atoms with Crippen LogP contribution in [0, 0.1) is 6.92 Å². The first-order valence-electron chi connectivity index (χ1n) is 9.56. The number of carbonyl (C=O) groups excluding carboxylic acids is 1. The van der Waals surface area contributed by atoms with Crippen molar-refractivity contribution in [3.8, 4) is 0 Å². The van der Waals surface area contributed by atoms with Gasteiger partial charge in [-0.25, -0.2) is 8.42 Å². The van der Waals surface area contributed by atoms with Gasteiger partial charge in [0.2, 0.25) is 0 Å². The summed E-state index contributed by atoms with van der Waals surface area (Å²) in [7, 11) is -3.72. The quantitative estimate of drug-likeness (QED) is 0.491. The average molecular weight is 443 g/mol. The fraction of sp³-hybridized carbons (Fsp3) is 0.174. The molecule has 0 saturated heterocycles. The van der Waals surface area contributed by atoms with Gasteiger partial charge in [0.1, 0.15) is 0 Å². The Hall–Kier alpha value is -2.83. The van der Waals surface area contributed by atoms with Gasteiger partial charge < -0.3 is 5.32 Å². The molecule has 0 aromatic heterocycles. The van der Waals surface area contributed by atoms with Crippen molar-refractivity contribution in [2.45, 2.75) is 24.7 Å². The summed E-state index contributed by atoms with van der Waals surface area (Å²) in [4.78, 5) is 12.6. The van der Waals surface area contributed by atoms with Crippen LogP contribution in [0.3, 0.4) is 0 Å². The van der Waals surface area contributed by atoms with Gasteiger partial charge in [0.25, 0.3) is 15.9 Å². The van der Waals surface area contributed by atoms with E-state index in [0.29, 0.717) is 17.8 Å². The van der Waals surface area contributed by atoms with Gasteiger partial charge >= 0.3 is 0 Å². The second kappa shape index (κ2) is 9.78. The Labute approximate surface area is 182 Å². The first-order valence-corrected chi connectivity index (χ1v) is 11.4. The standard InChI is InChI=1S/C23H23ClN2O3S/c1-17-7-5-8-18(15-17)9-6-14-25-23(27)21-13-12-19(16-22(21)24)26-30(28,29)20-10-3-2-4-11-20/h2-5,7-8,10-13,15-16,26H,6,9,14H2,1H3,(H,25,27). The number of amides is 1. The molecule has 30 heavy (non-hydrogen) atoms. The van der Waals surface area contributed by atoms with Crippen molar-refractivity contribution in [1.29, 1.82) is 0 Å². The van der Waals surface area contributed by atoms with Gasteiger partial charge in [0, 0.05) is 6.54 Å². The lowest BCUT2D eigenvalue weighted by molar-refractivity contribution is 0.0953. The van der Waals surface area contributed by atoms with Crippen LogP contribution < -0.4 is 10.0 Å². The van der Waals surface area contributed by atoms with E-state index in [4.69, 9.17) is 11.6 Å². The molecule has 3 aromatic carbocycles. The van der Waals surface area contributed by atoms with E-state index in [9.17, 15) is 13.2 Å². The summed E-state index contributed by atoms with van der Waals surface area (Å²) < 4.78 is 27.3. The monoisotopic (exact) mass is 442 g/mol. The maximum Gasteiger partial charge on any atom is 0.261 e. The van der Waals surface area contributed by atoms with Gasteiger partial charge in [-0.3, -0.25) is 9.52 Å². The molecule has 0 fully saturated rings. The predicted molar refractivity (Wildman–Crippen MR) is 121 cm³/mol. The number of anilines is 1. The van der Waals surface area contributed by atoms with Crippen LogP contribution in [0.2, 0.25) is 5.02 Å². The van der Waals surface area contributed by atoms with E-state index in [0.717, 1.165) is 12.8 Å². The van der Waals surface area contributed by atoms with Gasteiger partial charge in [0.05, 0.1) is 21.2 Å². The van der Waals surface area contributed by atoms with Crippen LogP contribution in [0.4, 0.5) is 5.69 Å². The minimum atomic E-state index is -3.72. The Bertz CT molecular complexity index is 1130. The first-order chi connectivity index (χ1) is 14.3. The van der Waals surface area contributed by atoms with Crippen molar-refractivity contribution in [1.82, 2.24) is 5.32 Å². The lowest BCUT2D eigenvalue weighted by Gasteiger charge is -2.11. The van der Waals surface area contributed by atoms with Gasteiger partial charge in [-0.05, 0) is 55.7 Å². The number of hydrogen-bond donors (Lipinski definition) is 2. The second-order valence-corrected chi connectivity index (χ2v) is 9.05. The number of sulfonamides is 1. The predicted octanol–water partition coefficient (Wildman–Crippen LogP) is 4.81. The van der Waals surface area contributed by atoms with Crippen molar-refractivity contribution in [3.63, 3.8) is 0 Å². The Balaban J connectivity index is 1.57. The van der Waals surface area contributed by atoms with Crippen LogP contribution in [0.5, 0.6) is 0 Å². The second-order valence-electron chi connectivity index (χ2n) is 6.96. The van der Waals surface area contributed by atoms with Crippen LogP contribution in [0.1, 0.15) is 27.9 Å². The fourth-order valence-corrected chi connectivity index (χ4v) is 4.37. The first kappa shape index (κ1) is 21.9. The van der Waals surface area contributed by atoms with Crippen LogP contribution in [0.15, 0.2) is 77.7 Å². The number of rotatable bonds is 8. The van der Waals surface area contributed by atoms with E-state index in [1.54, 1.807) is 18.2 Å². The number of hydrogen-bond acceptors (Lipinski definition) is 3. The molecule has 0 unspecified atom stereocenters. The number of carbonyl (C=O) groups is 1. The van der Waals surface area contributed by atoms with Gasteiger partial charge in [-0.1, -0.05) is 59.6 Å². The molecule has 156 valence electrons. The molecule has 0 atom stereocenters. The number of aryl methyl sites for hydroxylation is 2. The van der Waals surface area contributed by atoms with Crippen LogP contribution in [0.25, 0.3) is 0 Å². The maximum absolute atomic E-state index is 12.4. The van der Waals surface area contributed by atoms with E-state index in [1.165, 1.54) is 41.5 Å². The Kier molecular flexibility index (Phi) is 7.13. The van der Waals surface area contributed by atoms with Gasteiger partial charge in [-0.15, -0.1) is 0 Å². The molecule has 0 aliphatic rings. The molecule has 0 aliphatic carbocycles. The molecule has 0 spiro atoms. The maximum atomic E-state index is 12.4. The Morgan fingerprint density at radius 1 is 0.967 bits per heavy atom. The number of nitrogens with one attached hydrogen (secondary N) is 2. The van der Waals surface area contributed by atoms with E-state index in [1.807, 2.05) is 6.07 Å². The topological polar surface area (TPSA) is 75.3 Å². The summed E-state index contributed by atoms with van der Waals surface area (Å²) in [6, 6.07) is 20.8. The number of benzene rings is 3. The van der Waals surface area contributed by atoms with E-state index in [2.05, 4.69) is 35.2 Å². The third-order valence-electron chi connectivity index (χ3n) is 4.53. The van der Waals surface area contributed by atoms with Crippen molar-refractivity contribution < 1.29 is 13.2 Å². The Morgan fingerprint density at radius 2 is 1.73 bits per heavy atom. The molecule has 5 nitrogen and oxygen atoms in total. The highest BCUT2D eigenvalue weighted by atomic mass is 35.5. The molecule has 0 radical (unpaired) electrons. The van der Waals surface area contributed by atoms with Crippen molar-refractivity contribution in [3.05, 3.63) is 94.5 Å². The summed E-state index contributed by atoms with van der Waals surface area (Å²) in [6.45, 7) is 2.57. The van der Waals surface area contributed by atoms with E-state index < -0.39 is 10.0 Å². The van der Waals surface area contributed by atoms with Gasteiger partial charge in [-0.2, -0.15) is 0 Å². The number of halogens is 1. The summed E-state index contributed by atoms with van der Waals surface area (Å²) >= 11 is 6.23. The third kappa shape index (κ3) is 5.84. The lowest BCUT2D eigenvalue weighted by atomic mass is 10.1. The molecule has 3 aromatic rings. The molecule has 3 rings (SSSR count). The van der Waals surface area contributed by atoms with Crippen molar-refractivity contribution in [2.75, 3.05) is 11.3 Å². The SMILES string of the molecule is Cc1cccc(CCCNC(=O)c2ccc(NS(=O)(=O)c3ccccc3)cc2Cl)c1. The van der Waals surface area contributed by atoms with Crippen molar-refractivity contribution >= 4 is 33.2 Å². The van der Waals surface area contributed by atoms with Crippen LogP contribution >= 0.6 is 11.6 Å². The minimum Gasteiger partial charge on any atom is -0.352 e. The third-order valence-corrected chi connectivity index (χ3v) is 6.24. The normalized spacial score (nSPS) is 11.1. The molecule has 0 saturated carbocycles. The molecular formula is C23H23ClN2O3S. The summed E-state index contributed by atoms with van der Waals surface area (Å²) in [6.07, 6.45) is 1.68. The van der Waals surface area contributed by atoms with Crippen LogP contribution in [-0.2, 0) is 16.4 Å².